The Morgan fingerprint density at radius 1 is 1.28 bits per heavy atom. The van der Waals surface area contributed by atoms with Crippen LogP contribution in [0.3, 0.4) is 0 Å². The Bertz CT molecular complexity index is 563. The maximum atomic E-state index is 5.93. The first kappa shape index (κ1) is 13.4. The van der Waals surface area contributed by atoms with Crippen LogP contribution in [0.25, 0.3) is 0 Å². The average Bonchev–Trinajstić information content (AvgIpc) is 2.63. The Labute approximate surface area is 117 Å². The van der Waals surface area contributed by atoms with Crippen LogP contribution < -0.4 is 5.32 Å². The molecule has 1 atom stereocenters. The zero-order chi connectivity index (χ0) is 13.3. The molecule has 0 saturated heterocycles. The van der Waals surface area contributed by atoms with Gasteiger partial charge in [0.2, 0.25) is 0 Å². The number of anilines is 1. The Kier molecular flexibility index (Phi) is 3.93. The molecule has 2 nitrogen and oxygen atoms in total. The van der Waals surface area contributed by atoms with E-state index in [1.165, 1.54) is 15.3 Å². The van der Waals surface area contributed by atoms with Gasteiger partial charge in [-0.15, -0.1) is 11.3 Å². The lowest BCUT2D eigenvalue weighted by Crippen LogP contribution is -2.07. The number of hydrogen-bond acceptors (Lipinski definition) is 3. The number of nitrogens with one attached hydrogen (secondary N) is 1. The van der Waals surface area contributed by atoms with Gasteiger partial charge in [-0.1, -0.05) is 11.6 Å². The molecule has 1 N–H and O–H groups in total. The normalized spacial score (nSPS) is 12.5. The second kappa shape index (κ2) is 5.29. The van der Waals surface area contributed by atoms with Crippen LogP contribution in [0.5, 0.6) is 0 Å². The molecule has 0 aliphatic carbocycles. The van der Waals surface area contributed by atoms with Gasteiger partial charge >= 0.3 is 0 Å². The van der Waals surface area contributed by atoms with Gasteiger partial charge in [0.05, 0.1) is 11.9 Å². The minimum Gasteiger partial charge on any atom is -0.377 e. The van der Waals surface area contributed by atoms with E-state index in [0.717, 1.165) is 11.3 Å². The summed E-state index contributed by atoms with van der Waals surface area (Å²) in [5, 5.41) is 4.03. The first-order valence-corrected chi connectivity index (χ1v) is 7.12. The molecule has 96 valence electrons. The Balaban J connectivity index is 2.18. The van der Waals surface area contributed by atoms with Crippen molar-refractivity contribution in [2.45, 2.75) is 33.7 Å². The van der Waals surface area contributed by atoms with Crippen LogP contribution in [0.2, 0.25) is 5.15 Å². The molecule has 0 aliphatic rings. The van der Waals surface area contributed by atoms with Gasteiger partial charge in [-0.3, -0.25) is 0 Å². The van der Waals surface area contributed by atoms with Crippen LogP contribution in [-0.2, 0) is 0 Å². The van der Waals surface area contributed by atoms with Crippen LogP contribution in [0, 0.1) is 20.8 Å². The fourth-order valence-corrected chi connectivity index (χ4v) is 3.17. The van der Waals surface area contributed by atoms with Crippen LogP contribution in [-0.4, -0.2) is 4.98 Å². The second-order valence-corrected chi connectivity index (χ2v) is 6.38. The van der Waals surface area contributed by atoms with Crippen molar-refractivity contribution in [1.82, 2.24) is 4.98 Å². The van der Waals surface area contributed by atoms with Crippen molar-refractivity contribution in [2.24, 2.45) is 0 Å². The van der Waals surface area contributed by atoms with E-state index in [-0.39, 0.29) is 6.04 Å². The molecule has 4 heteroatoms. The molecular formula is C14H17ClN2S. The Morgan fingerprint density at radius 3 is 2.56 bits per heavy atom. The zero-order valence-corrected chi connectivity index (χ0v) is 12.6. The quantitative estimate of drug-likeness (QED) is 0.809. The zero-order valence-electron chi connectivity index (χ0n) is 11.0. The topological polar surface area (TPSA) is 24.9 Å². The first-order chi connectivity index (χ1) is 8.47. The van der Waals surface area contributed by atoms with Gasteiger partial charge in [-0.2, -0.15) is 0 Å². The van der Waals surface area contributed by atoms with Gasteiger partial charge in [0, 0.05) is 15.8 Å². The molecule has 0 amide bonds. The minimum atomic E-state index is 0.275. The molecule has 0 fully saturated rings. The van der Waals surface area contributed by atoms with Crippen LogP contribution >= 0.6 is 22.9 Å². The molecule has 0 aromatic carbocycles. The van der Waals surface area contributed by atoms with E-state index in [1.54, 1.807) is 6.20 Å². The van der Waals surface area contributed by atoms with Crippen LogP contribution in [0.1, 0.15) is 33.8 Å². The van der Waals surface area contributed by atoms with Crippen LogP contribution in [0.15, 0.2) is 18.3 Å². The number of halogens is 1. The van der Waals surface area contributed by atoms with Gasteiger partial charge < -0.3 is 5.32 Å². The lowest BCUT2D eigenvalue weighted by Gasteiger charge is -2.15. The number of aryl methyl sites for hydroxylation is 3. The highest BCUT2D eigenvalue weighted by molar-refractivity contribution is 7.12. The van der Waals surface area contributed by atoms with Crippen molar-refractivity contribution in [2.75, 3.05) is 5.32 Å². The summed E-state index contributed by atoms with van der Waals surface area (Å²) in [5.41, 5.74) is 3.35. The van der Waals surface area contributed by atoms with Crippen molar-refractivity contribution >= 4 is 28.6 Å². The van der Waals surface area contributed by atoms with Crippen molar-refractivity contribution in [3.63, 3.8) is 0 Å². The molecular weight excluding hydrogens is 264 g/mol. The Hall–Kier alpha value is -1.06. The molecule has 0 bridgehead atoms. The molecule has 0 spiro atoms. The van der Waals surface area contributed by atoms with E-state index >= 15 is 0 Å². The molecule has 0 saturated carbocycles. The summed E-state index contributed by atoms with van der Waals surface area (Å²) in [6.45, 7) is 8.43. The summed E-state index contributed by atoms with van der Waals surface area (Å²) >= 11 is 7.76. The molecule has 2 rings (SSSR count). The molecule has 2 aromatic rings. The highest BCUT2D eigenvalue weighted by Gasteiger charge is 2.11. The van der Waals surface area contributed by atoms with Crippen molar-refractivity contribution in [1.29, 1.82) is 0 Å². The van der Waals surface area contributed by atoms with Crippen molar-refractivity contribution in [3.05, 3.63) is 44.4 Å². The summed E-state index contributed by atoms with van der Waals surface area (Å²) < 4.78 is 0. The number of rotatable bonds is 3. The summed E-state index contributed by atoms with van der Waals surface area (Å²) in [4.78, 5) is 6.87. The second-order valence-electron chi connectivity index (χ2n) is 4.57. The predicted molar refractivity (Wildman–Crippen MR) is 79.8 cm³/mol. The van der Waals surface area contributed by atoms with Gasteiger partial charge in [0.1, 0.15) is 5.15 Å². The molecule has 1 unspecified atom stereocenters. The van der Waals surface area contributed by atoms with E-state index in [1.807, 2.05) is 24.3 Å². The summed E-state index contributed by atoms with van der Waals surface area (Å²) in [5.74, 6) is 0. The van der Waals surface area contributed by atoms with Gasteiger partial charge in [-0.25, -0.2) is 4.98 Å². The maximum Gasteiger partial charge on any atom is 0.132 e. The van der Waals surface area contributed by atoms with Gasteiger partial charge in [-0.05, 0) is 51.0 Å². The number of thiophene rings is 1. The smallest absolute Gasteiger partial charge is 0.132 e. The van der Waals surface area contributed by atoms with E-state index in [9.17, 15) is 0 Å². The van der Waals surface area contributed by atoms with Gasteiger partial charge in [0.25, 0.3) is 0 Å². The van der Waals surface area contributed by atoms with Crippen molar-refractivity contribution < 1.29 is 0 Å². The van der Waals surface area contributed by atoms with E-state index in [4.69, 9.17) is 11.6 Å². The van der Waals surface area contributed by atoms with E-state index in [2.05, 4.69) is 37.1 Å². The minimum absolute atomic E-state index is 0.275. The highest BCUT2D eigenvalue weighted by Crippen LogP contribution is 2.29. The lowest BCUT2D eigenvalue weighted by molar-refractivity contribution is 0.879. The SMILES string of the molecule is Cc1cc(C(C)Nc2cnc(Cl)c(C)c2)c(C)s1. The maximum absolute atomic E-state index is 5.93. The third-order valence-electron chi connectivity index (χ3n) is 2.94. The fourth-order valence-electron chi connectivity index (χ4n) is 2.05. The molecule has 18 heavy (non-hydrogen) atoms. The van der Waals surface area contributed by atoms with Crippen molar-refractivity contribution in [3.8, 4) is 0 Å². The highest BCUT2D eigenvalue weighted by atomic mass is 35.5. The number of pyridine rings is 1. The molecule has 2 aromatic heterocycles. The summed E-state index contributed by atoms with van der Waals surface area (Å²) in [7, 11) is 0. The number of aromatic nitrogens is 1. The number of hydrogen-bond donors (Lipinski definition) is 1. The fraction of sp³-hybridized carbons (Fsp3) is 0.357. The van der Waals surface area contributed by atoms with Gasteiger partial charge in [0.15, 0.2) is 0 Å². The van der Waals surface area contributed by atoms with E-state index in [0.29, 0.717) is 5.15 Å². The number of nitrogens with zero attached hydrogens (tertiary/aromatic N) is 1. The standard InChI is InChI=1S/C14H17ClN2S/c1-8-5-12(7-16-14(8)15)17-10(3)13-6-9(2)18-11(13)4/h5-7,10,17H,1-4H3. The third-order valence-corrected chi connectivity index (χ3v) is 4.32. The monoisotopic (exact) mass is 280 g/mol. The Morgan fingerprint density at radius 2 is 2.00 bits per heavy atom. The predicted octanol–water partition coefficient (Wildman–Crippen LogP) is 4.89. The molecule has 0 aliphatic heterocycles. The first-order valence-electron chi connectivity index (χ1n) is 5.93. The van der Waals surface area contributed by atoms with Crippen LogP contribution in [0.4, 0.5) is 5.69 Å². The summed E-state index contributed by atoms with van der Waals surface area (Å²) in [6, 6.07) is 4.55. The molecule has 2 heterocycles. The molecule has 0 radical (unpaired) electrons. The average molecular weight is 281 g/mol. The summed E-state index contributed by atoms with van der Waals surface area (Å²) in [6.07, 6.45) is 1.78. The van der Waals surface area contributed by atoms with E-state index < -0.39 is 0 Å². The third kappa shape index (κ3) is 2.85. The lowest BCUT2D eigenvalue weighted by atomic mass is 10.1. The largest absolute Gasteiger partial charge is 0.377 e.